The van der Waals surface area contributed by atoms with Crippen LogP contribution in [0.1, 0.15) is 25.5 Å². The lowest BCUT2D eigenvalue weighted by molar-refractivity contribution is -0.142. The fourth-order valence-corrected chi connectivity index (χ4v) is 4.50. The molecule has 1 fully saturated rings. The Labute approximate surface area is 196 Å². The Balaban J connectivity index is 1.75. The molecule has 164 valence electrons. The van der Waals surface area contributed by atoms with E-state index in [1.165, 1.54) is 11.6 Å². The standard InChI is InChI=1S/C24H22Cl2N4O2/c1-15-13-30(16(2)31)23(14-29(15)24(32)5-6-25)18-8-17(9-20(26)10-18)19-11-22-21(28-12-19)4-3-7-27-22/h3-12,15,23H,13-14H2,1-2H3/b6-5-. The van der Waals surface area contributed by atoms with E-state index in [1.54, 1.807) is 29.1 Å². The van der Waals surface area contributed by atoms with Gasteiger partial charge in [-0.05, 0) is 54.4 Å². The maximum absolute atomic E-state index is 12.6. The third-order valence-corrected chi connectivity index (χ3v) is 6.07. The van der Waals surface area contributed by atoms with Crippen molar-refractivity contribution in [2.45, 2.75) is 25.9 Å². The number of halogens is 2. The summed E-state index contributed by atoms with van der Waals surface area (Å²) in [5, 5.41) is 0.541. The molecule has 2 aromatic heterocycles. The van der Waals surface area contributed by atoms with Crippen LogP contribution in [0.5, 0.6) is 0 Å². The fraction of sp³-hybridized carbons (Fsp3) is 0.250. The van der Waals surface area contributed by atoms with Crippen LogP contribution in [-0.2, 0) is 9.59 Å². The Hall–Kier alpha value is -2.96. The molecule has 0 N–H and O–H groups in total. The molecule has 2 atom stereocenters. The highest BCUT2D eigenvalue weighted by atomic mass is 35.5. The van der Waals surface area contributed by atoms with Gasteiger partial charge < -0.3 is 9.80 Å². The van der Waals surface area contributed by atoms with Crippen LogP contribution in [-0.4, -0.2) is 50.7 Å². The van der Waals surface area contributed by atoms with E-state index in [0.29, 0.717) is 18.1 Å². The highest BCUT2D eigenvalue weighted by Gasteiger charge is 2.36. The number of fused-ring (bicyclic) bond motifs is 1. The van der Waals surface area contributed by atoms with Crippen molar-refractivity contribution in [1.29, 1.82) is 0 Å². The van der Waals surface area contributed by atoms with E-state index in [4.69, 9.17) is 23.2 Å². The first kappa shape index (κ1) is 22.2. The first-order valence-corrected chi connectivity index (χ1v) is 11.0. The van der Waals surface area contributed by atoms with Crippen molar-refractivity contribution in [2.24, 2.45) is 0 Å². The Morgan fingerprint density at radius 2 is 1.88 bits per heavy atom. The second-order valence-corrected chi connectivity index (χ2v) is 8.55. The van der Waals surface area contributed by atoms with Gasteiger partial charge in [-0.15, -0.1) is 0 Å². The largest absolute Gasteiger partial charge is 0.332 e. The third kappa shape index (κ3) is 4.47. The summed E-state index contributed by atoms with van der Waals surface area (Å²) in [6, 6.07) is 10.9. The van der Waals surface area contributed by atoms with Crippen LogP contribution in [0.25, 0.3) is 22.2 Å². The van der Waals surface area contributed by atoms with Gasteiger partial charge in [-0.3, -0.25) is 19.6 Å². The lowest BCUT2D eigenvalue weighted by Gasteiger charge is -2.45. The SMILES string of the molecule is CC(=O)N1CC(C)N(C(=O)/C=C\Cl)CC1c1cc(Cl)cc(-c2cnc3cccnc3c2)c1. The molecule has 2 unspecified atom stereocenters. The molecule has 3 heterocycles. The van der Waals surface area contributed by atoms with Gasteiger partial charge in [-0.1, -0.05) is 23.2 Å². The summed E-state index contributed by atoms with van der Waals surface area (Å²) in [5.41, 5.74) is 5.39. The predicted molar refractivity (Wildman–Crippen MR) is 126 cm³/mol. The van der Waals surface area contributed by atoms with Crippen LogP contribution < -0.4 is 0 Å². The number of pyridine rings is 2. The molecule has 1 saturated heterocycles. The van der Waals surface area contributed by atoms with Crippen molar-refractivity contribution in [3.63, 3.8) is 0 Å². The Morgan fingerprint density at radius 1 is 1.06 bits per heavy atom. The number of hydrogen-bond acceptors (Lipinski definition) is 4. The smallest absolute Gasteiger partial charge is 0.247 e. The summed E-state index contributed by atoms with van der Waals surface area (Å²) in [4.78, 5) is 37.4. The van der Waals surface area contributed by atoms with Crippen LogP contribution in [0.15, 0.2) is 60.4 Å². The molecule has 3 aromatic rings. The predicted octanol–water partition coefficient (Wildman–Crippen LogP) is 4.82. The second-order valence-electron chi connectivity index (χ2n) is 7.86. The molecule has 0 radical (unpaired) electrons. The number of amides is 2. The lowest BCUT2D eigenvalue weighted by Crippen LogP contribution is -2.56. The quantitative estimate of drug-likeness (QED) is 0.516. The monoisotopic (exact) mass is 468 g/mol. The molecule has 1 aliphatic heterocycles. The Bertz CT molecular complexity index is 1210. The van der Waals surface area contributed by atoms with Crippen molar-refractivity contribution >= 4 is 46.0 Å². The lowest BCUT2D eigenvalue weighted by atomic mass is 9.96. The number of hydrogen-bond donors (Lipinski definition) is 0. The summed E-state index contributed by atoms with van der Waals surface area (Å²) in [7, 11) is 0. The van der Waals surface area contributed by atoms with E-state index >= 15 is 0 Å². The van der Waals surface area contributed by atoms with Gasteiger partial charge in [-0.2, -0.15) is 0 Å². The zero-order valence-electron chi connectivity index (χ0n) is 17.7. The Morgan fingerprint density at radius 3 is 2.62 bits per heavy atom. The minimum absolute atomic E-state index is 0.0556. The first-order valence-electron chi connectivity index (χ1n) is 10.2. The van der Waals surface area contributed by atoms with Crippen LogP contribution in [0, 0.1) is 0 Å². The topological polar surface area (TPSA) is 66.4 Å². The third-order valence-electron chi connectivity index (χ3n) is 5.72. The number of benzene rings is 1. The molecular formula is C24H22Cl2N4O2. The van der Waals surface area contributed by atoms with Crippen molar-refractivity contribution < 1.29 is 9.59 Å². The summed E-state index contributed by atoms with van der Waals surface area (Å²) in [6.45, 7) is 4.23. The molecule has 2 amide bonds. The molecule has 1 aliphatic rings. The molecule has 32 heavy (non-hydrogen) atoms. The zero-order chi connectivity index (χ0) is 22.8. The van der Waals surface area contributed by atoms with Gasteiger partial charge in [-0.25, -0.2) is 0 Å². The van der Waals surface area contributed by atoms with Gasteiger partial charge in [0.1, 0.15) is 0 Å². The van der Waals surface area contributed by atoms with Crippen molar-refractivity contribution in [2.75, 3.05) is 13.1 Å². The van der Waals surface area contributed by atoms with Crippen LogP contribution in [0.2, 0.25) is 5.02 Å². The van der Waals surface area contributed by atoms with Gasteiger partial charge in [0.05, 0.1) is 17.1 Å². The minimum Gasteiger partial charge on any atom is -0.332 e. The summed E-state index contributed by atoms with van der Waals surface area (Å²) in [6.07, 6.45) is 4.84. The van der Waals surface area contributed by atoms with Crippen molar-refractivity contribution in [3.05, 3.63) is 71.0 Å². The van der Waals surface area contributed by atoms with E-state index in [0.717, 1.165) is 27.7 Å². The van der Waals surface area contributed by atoms with Crippen LogP contribution >= 0.6 is 23.2 Å². The van der Waals surface area contributed by atoms with E-state index in [1.807, 2.05) is 43.3 Å². The van der Waals surface area contributed by atoms with E-state index in [-0.39, 0.29) is 23.9 Å². The summed E-state index contributed by atoms with van der Waals surface area (Å²) < 4.78 is 0. The van der Waals surface area contributed by atoms with Gasteiger partial charge >= 0.3 is 0 Å². The highest BCUT2D eigenvalue weighted by molar-refractivity contribution is 6.31. The number of carbonyl (C=O) groups excluding carboxylic acids is 2. The minimum atomic E-state index is -0.333. The van der Waals surface area contributed by atoms with Crippen LogP contribution in [0.3, 0.4) is 0 Å². The van der Waals surface area contributed by atoms with Crippen molar-refractivity contribution in [1.82, 2.24) is 19.8 Å². The molecule has 0 bridgehead atoms. The fourth-order valence-electron chi connectivity index (χ4n) is 4.15. The molecular weight excluding hydrogens is 447 g/mol. The number of nitrogens with zero attached hydrogens (tertiary/aromatic N) is 4. The van der Waals surface area contributed by atoms with E-state index in [2.05, 4.69) is 9.97 Å². The second kappa shape index (κ2) is 9.27. The van der Waals surface area contributed by atoms with Gasteiger partial charge in [0.25, 0.3) is 0 Å². The molecule has 0 saturated carbocycles. The number of aromatic nitrogens is 2. The number of carbonyl (C=O) groups is 2. The molecule has 1 aromatic carbocycles. The summed E-state index contributed by atoms with van der Waals surface area (Å²) >= 11 is 12.1. The molecule has 0 spiro atoms. The maximum Gasteiger partial charge on any atom is 0.247 e. The molecule has 0 aliphatic carbocycles. The normalized spacial score (nSPS) is 19.0. The van der Waals surface area contributed by atoms with Crippen molar-refractivity contribution in [3.8, 4) is 11.1 Å². The Kier molecular flexibility index (Phi) is 6.44. The number of rotatable bonds is 3. The highest BCUT2D eigenvalue weighted by Crippen LogP contribution is 2.34. The van der Waals surface area contributed by atoms with Gasteiger partial charge in [0, 0.05) is 60.6 Å². The summed E-state index contributed by atoms with van der Waals surface area (Å²) in [5.74, 6) is -0.243. The molecule has 4 rings (SSSR count). The van der Waals surface area contributed by atoms with E-state index < -0.39 is 0 Å². The zero-order valence-corrected chi connectivity index (χ0v) is 19.2. The average molecular weight is 469 g/mol. The van der Waals surface area contributed by atoms with E-state index in [9.17, 15) is 9.59 Å². The molecule has 6 nitrogen and oxygen atoms in total. The number of piperazine rings is 1. The first-order chi connectivity index (χ1) is 15.4. The maximum atomic E-state index is 12.6. The van der Waals surface area contributed by atoms with Gasteiger partial charge in [0.2, 0.25) is 11.8 Å². The average Bonchev–Trinajstić information content (AvgIpc) is 2.78. The molecule has 8 heteroatoms. The van der Waals surface area contributed by atoms with Crippen LogP contribution in [0.4, 0.5) is 0 Å². The van der Waals surface area contributed by atoms with Gasteiger partial charge in [0.15, 0.2) is 0 Å².